The van der Waals surface area contributed by atoms with Crippen molar-refractivity contribution in [3.63, 3.8) is 0 Å². The summed E-state index contributed by atoms with van der Waals surface area (Å²) in [5.41, 5.74) is 1.51. The quantitative estimate of drug-likeness (QED) is 0.796. The normalized spacial score (nSPS) is 11.0. The molecule has 0 atom stereocenters. The number of fused-ring (bicyclic) bond motifs is 1. The smallest absolute Gasteiger partial charge is 0.255 e. The Bertz CT molecular complexity index is 776. The van der Waals surface area contributed by atoms with Crippen molar-refractivity contribution in [2.45, 2.75) is 19.9 Å². The predicted molar refractivity (Wildman–Crippen MR) is 78.8 cm³/mol. The van der Waals surface area contributed by atoms with Crippen LogP contribution in [0.25, 0.3) is 17.2 Å². The third kappa shape index (κ3) is 2.60. The minimum absolute atomic E-state index is 0.0793. The number of hydrogen-bond donors (Lipinski definition) is 1. The number of hydrogen-bond acceptors (Lipinski definition) is 4. The van der Waals surface area contributed by atoms with Crippen LogP contribution < -0.4 is 5.32 Å². The molecule has 6 nitrogen and oxygen atoms in total. The standard InChI is InChI=1S/C15H15N5O/c1-10(2)17-14(21)12-6-4-11(5-7-12)13-18-19-15-16-8-3-9-20(13)15/h3-10H,1-2H3,(H,17,21). The van der Waals surface area contributed by atoms with Gasteiger partial charge in [0.15, 0.2) is 5.82 Å². The first kappa shape index (κ1) is 13.2. The van der Waals surface area contributed by atoms with E-state index in [1.807, 2.05) is 42.6 Å². The van der Waals surface area contributed by atoms with Crippen molar-refractivity contribution in [1.29, 1.82) is 0 Å². The summed E-state index contributed by atoms with van der Waals surface area (Å²) in [5.74, 6) is 1.17. The second kappa shape index (κ2) is 5.32. The van der Waals surface area contributed by atoms with Gasteiger partial charge in [-0.25, -0.2) is 4.98 Å². The van der Waals surface area contributed by atoms with E-state index in [2.05, 4.69) is 20.5 Å². The SMILES string of the molecule is CC(C)NC(=O)c1ccc(-c2nnc3ncccn23)cc1. The van der Waals surface area contributed by atoms with Gasteiger partial charge in [-0.05, 0) is 32.0 Å². The van der Waals surface area contributed by atoms with Crippen LogP contribution in [0, 0.1) is 0 Å². The first-order chi connectivity index (χ1) is 10.1. The zero-order valence-corrected chi connectivity index (χ0v) is 11.8. The van der Waals surface area contributed by atoms with Crippen molar-refractivity contribution in [1.82, 2.24) is 24.9 Å². The van der Waals surface area contributed by atoms with E-state index in [0.29, 0.717) is 17.2 Å². The number of benzene rings is 1. The highest BCUT2D eigenvalue weighted by Crippen LogP contribution is 2.18. The zero-order valence-electron chi connectivity index (χ0n) is 11.8. The van der Waals surface area contributed by atoms with Gasteiger partial charge in [-0.2, -0.15) is 0 Å². The largest absolute Gasteiger partial charge is 0.350 e. The lowest BCUT2D eigenvalue weighted by molar-refractivity contribution is 0.0943. The van der Waals surface area contributed by atoms with Crippen LogP contribution in [0.1, 0.15) is 24.2 Å². The van der Waals surface area contributed by atoms with Crippen LogP contribution in [0.2, 0.25) is 0 Å². The lowest BCUT2D eigenvalue weighted by atomic mass is 10.1. The van der Waals surface area contributed by atoms with Gasteiger partial charge < -0.3 is 5.32 Å². The Balaban J connectivity index is 1.92. The summed E-state index contributed by atoms with van der Waals surface area (Å²) in [4.78, 5) is 16.0. The van der Waals surface area contributed by atoms with Gasteiger partial charge in [-0.1, -0.05) is 12.1 Å². The zero-order chi connectivity index (χ0) is 14.8. The molecule has 0 radical (unpaired) electrons. The molecule has 0 saturated heterocycles. The van der Waals surface area contributed by atoms with Crippen LogP contribution >= 0.6 is 0 Å². The van der Waals surface area contributed by atoms with E-state index in [-0.39, 0.29) is 11.9 Å². The van der Waals surface area contributed by atoms with E-state index in [0.717, 1.165) is 5.56 Å². The number of carbonyl (C=O) groups is 1. The van der Waals surface area contributed by atoms with E-state index >= 15 is 0 Å². The molecule has 0 aliphatic heterocycles. The Morgan fingerprint density at radius 2 is 1.95 bits per heavy atom. The lowest BCUT2D eigenvalue weighted by Crippen LogP contribution is -2.29. The Kier molecular flexibility index (Phi) is 3.35. The van der Waals surface area contributed by atoms with Crippen molar-refractivity contribution < 1.29 is 4.79 Å². The molecule has 3 aromatic rings. The maximum atomic E-state index is 11.9. The summed E-state index contributed by atoms with van der Waals surface area (Å²) in [6, 6.07) is 9.22. The lowest BCUT2D eigenvalue weighted by Gasteiger charge is -2.08. The minimum Gasteiger partial charge on any atom is -0.350 e. The maximum Gasteiger partial charge on any atom is 0.255 e. The number of nitrogens with zero attached hydrogens (tertiary/aromatic N) is 4. The molecule has 1 N–H and O–H groups in total. The molecule has 3 rings (SSSR count). The molecule has 2 heterocycles. The summed E-state index contributed by atoms with van der Waals surface area (Å²) in [6.45, 7) is 3.86. The fourth-order valence-corrected chi connectivity index (χ4v) is 2.06. The summed E-state index contributed by atoms with van der Waals surface area (Å²) < 4.78 is 1.81. The van der Waals surface area contributed by atoms with E-state index in [9.17, 15) is 4.79 Å². The van der Waals surface area contributed by atoms with Gasteiger partial charge in [-0.3, -0.25) is 9.20 Å². The molecule has 0 spiro atoms. The third-order valence-corrected chi connectivity index (χ3v) is 3.01. The van der Waals surface area contributed by atoms with Crippen LogP contribution in [0.3, 0.4) is 0 Å². The summed E-state index contributed by atoms with van der Waals surface area (Å²) in [5, 5.41) is 11.0. The molecule has 0 saturated carbocycles. The fourth-order valence-electron chi connectivity index (χ4n) is 2.06. The first-order valence-electron chi connectivity index (χ1n) is 6.72. The minimum atomic E-state index is -0.0793. The molecule has 6 heteroatoms. The Labute approximate surface area is 121 Å². The van der Waals surface area contributed by atoms with Gasteiger partial charge in [0.05, 0.1) is 0 Å². The van der Waals surface area contributed by atoms with Crippen LogP contribution in [0.4, 0.5) is 0 Å². The van der Waals surface area contributed by atoms with Gasteiger partial charge in [0.2, 0.25) is 0 Å². The Hall–Kier alpha value is -2.76. The van der Waals surface area contributed by atoms with Crippen LogP contribution in [0.5, 0.6) is 0 Å². The number of rotatable bonds is 3. The molecule has 0 bridgehead atoms. The highest BCUT2D eigenvalue weighted by Gasteiger charge is 2.10. The van der Waals surface area contributed by atoms with Gasteiger partial charge in [0.1, 0.15) is 0 Å². The van der Waals surface area contributed by atoms with Crippen LogP contribution in [0.15, 0.2) is 42.7 Å². The molecule has 2 aromatic heterocycles. The number of nitrogens with one attached hydrogen (secondary N) is 1. The topological polar surface area (TPSA) is 72.2 Å². The Morgan fingerprint density at radius 3 is 2.67 bits per heavy atom. The summed E-state index contributed by atoms with van der Waals surface area (Å²) in [7, 11) is 0. The highest BCUT2D eigenvalue weighted by atomic mass is 16.1. The molecular formula is C15H15N5O. The van der Waals surface area contributed by atoms with Crippen LogP contribution in [-0.2, 0) is 0 Å². The van der Waals surface area contributed by atoms with Gasteiger partial charge in [0, 0.05) is 29.6 Å². The second-order valence-corrected chi connectivity index (χ2v) is 5.02. The maximum absolute atomic E-state index is 11.9. The first-order valence-corrected chi connectivity index (χ1v) is 6.72. The van der Waals surface area contributed by atoms with E-state index in [4.69, 9.17) is 0 Å². The molecular weight excluding hydrogens is 266 g/mol. The molecule has 1 amide bonds. The number of amides is 1. The molecule has 106 valence electrons. The van der Waals surface area contributed by atoms with Crippen molar-refractivity contribution in [3.8, 4) is 11.4 Å². The molecule has 21 heavy (non-hydrogen) atoms. The van der Waals surface area contributed by atoms with Gasteiger partial charge >= 0.3 is 0 Å². The monoisotopic (exact) mass is 281 g/mol. The van der Waals surface area contributed by atoms with Crippen molar-refractivity contribution in [3.05, 3.63) is 48.3 Å². The highest BCUT2D eigenvalue weighted by molar-refractivity contribution is 5.94. The molecule has 0 aliphatic carbocycles. The number of carbonyl (C=O) groups excluding carboxylic acids is 1. The molecule has 0 unspecified atom stereocenters. The van der Waals surface area contributed by atoms with E-state index in [1.165, 1.54) is 0 Å². The van der Waals surface area contributed by atoms with Crippen molar-refractivity contribution in [2.75, 3.05) is 0 Å². The van der Waals surface area contributed by atoms with Crippen molar-refractivity contribution >= 4 is 11.7 Å². The Morgan fingerprint density at radius 1 is 1.19 bits per heavy atom. The third-order valence-electron chi connectivity index (χ3n) is 3.01. The molecule has 0 fully saturated rings. The average molecular weight is 281 g/mol. The summed E-state index contributed by atoms with van der Waals surface area (Å²) >= 11 is 0. The molecule has 1 aromatic carbocycles. The second-order valence-electron chi connectivity index (χ2n) is 5.02. The van der Waals surface area contributed by atoms with E-state index < -0.39 is 0 Å². The van der Waals surface area contributed by atoms with Gasteiger partial charge in [-0.15, -0.1) is 10.2 Å². The number of aromatic nitrogens is 4. The molecule has 0 aliphatic rings. The van der Waals surface area contributed by atoms with Crippen LogP contribution in [-0.4, -0.2) is 31.5 Å². The van der Waals surface area contributed by atoms with Gasteiger partial charge in [0.25, 0.3) is 11.7 Å². The predicted octanol–water partition coefficient (Wildman–Crippen LogP) is 1.93. The fraction of sp³-hybridized carbons (Fsp3) is 0.200. The summed E-state index contributed by atoms with van der Waals surface area (Å²) in [6.07, 6.45) is 3.53. The van der Waals surface area contributed by atoms with Crippen molar-refractivity contribution in [2.24, 2.45) is 0 Å². The average Bonchev–Trinajstić information content (AvgIpc) is 2.90. The van der Waals surface area contributed by atoms with E-state index in [1.54, 1.807) is 18.3 Å².